The van der Waals surface area contributed by atoms with Gasteiger partial charge in [-0.25, -0.2) is 10.1 Å². The summed E-state index contributed by atoms with van der Waals surface area (Å²) in [5.74, 6) is 0.488. The Morgan fingerprint density at radius 1 is 1.11 bits per heavy atom. The van der Waals surface area contributed by atoms with Crippen molar-refractivity contribution in [2.75, 3.05) is 5.32 Å². The molecule has 0 saturated heterocycles. The number of aromatic nitrogens is 5. The fraction of sp³-hybridized carbons (Fsp3) is 0.0556. The van der Waals surface area contributed by atoms with Gasteiger partial charge in [0.15, 0.2) is 0 Å². The zero-order valence-corrected chi connectivity index (χ0v) is 14.8. The first kappa shape index (κ1) is 16.9. The summed E-state index contributed by atoms with van der Waals surface area (Å²) in [7, 11) is 0. The summed E-state index contributed by atoms with van der Waals surface area (Å²) >= 11 is 1.37. The summed E-state index contributed by atoms with van der Waals surface area (Å²) < 4.78 is 5.97. The maximum atomic E-state index is 12.2. The molecule has 2 aromatic heterocycles. The fourth-order valence-electron chi connectivity index (χ4n) is 2.39. The van der Waals surface area contributed by atoms with E-state index >= 15 is 0 Å². The van der Waals surface area contributed by atoms with Gasteiger partial charge in [-0.05, 0) is 28.1 Å². The summed E-state index contributed by atoms with van der Waals surface area (Å²) in [5, 5.41) is 17.8. The van der Waals surface area contributed by atoms with Crippen molar-refractivity contribution in [3.8, 4) is 16.3 Å². The van der Waals surface area contributed by atoms with Crippen molar-refractivity contribution >= 4 is 23.2 Å². The molecule has 0 aliphatic rings. The van der Waals surface area contributed by atoms with E-state index in [1.165, 1.54) is 11.3 Å². The number of amides is 1. The van der Waals surface area contributed by atoms with Crippen LogP contribution >= 0.6 is 11.3 Å². The van der Waals surface area contributed by atoms with Gasteiger partial charge in [-0.2, -0.15) is 0 Å². The minimum Gasteiger partial charge on any atom is -0.488 e. The van der Waals surface area contributed by atoms with Gasteiger partial charge >= 0.3 is 0 Å². The second-order valence-electron chi connectivity index (χ2n) is 5.51. The van der Waals surface area contributed by atoms with Crippen LogP contribution in [-0.4, -0.2) is 31.5 Å². The average Bonchev–Trinajstić information content (AvgIpc) is 3.39. The molecule has 2 heterocycles. The molecule has 0 fully saturated rings. The number of anilines is 1. The number of nitrogens with zero attached hydrogens (tertiary/aromatic N) is 4. The second kappa shape index (κ2) is 7.75. The van der Waals surface area contributed by atoms with E-state index in [2.05, 4.69) is 30.9 Å². The van der Waals surface area contributed by atoms with Gasteiger partial charge in [-0.3, -0.25) is 10.1 Å². The Hall–Kier alpha value is -3.59. The predicted octanol–water partition coefficient (Wildman–Crippen LogP) is 3.15. The van der Waals surface area contributed by atoms with E-state index < -0.39 is 5.91 Å². The molecule has 0 unspecified atom stereocenters. The van der Waals surface area contributed by atoms with Crippen LogP contribution < -0.4 is 10.1 Å². The molecule has 134 valence electrons. The van der Waals surface area contributed by atoms with Gasteiger partial charge in [0.1, 0.15) is 23.1 Å². The molecule has 0 saturated carbocycles. The van der Waals surface area contributed by atoms with Crippen LogP contribution in [-0.2, 0) is 6.61 Å². The molecule has 0 spiro atoms. The zero-order chi connectivity index (χ0) is 18.5. The van der Waals surface area contributed by atoms with Gasteiger partial charge in [-0.15, -0.1) is 11.3 Å². The number of hydrogen-bond donors (Lipinski definition) is 2. The fourth-order valence-corrected chi connectivity index (χ4v) is 3.22. The van der Waals surface area contributed by atoms with E-state index in [0.717, 1.165) is 11.1 Å². The van der Waals surface area contributed by atoms with Gasteiger partial charge in [0.25, 0.3) is 5.91 Å². The lowest BCUT2D eigenvalue weighted by atomic mass is 10.2. The standard InChI is InChI=1S/C18H14N6O2S/c25-16(20-18-21-23-24-22-18)14-11-27-17(19-14)13-8-4-5-9-15(13)26-10-12-6-2-1-3-7-12/h1-9,11H,10H2,(H2,20,21,22,23,24,25). The number of ether oxygens (including phenoxy) is 1. The molecule has 9 heteroatoms. The maximum Gasteiger partial charge on any atom is 0.277 e. The second-order valence-corrected chi connectivity index (χ2v) is 6.37. The van der Waals surface area contributed by atoms with E-state index in [1.807, 2.05) is 54.6 Å². The SMILES string of the molecule is O=C(Nc1nnn[nH]1)c1csc(-c2ccccc2OCc2ccccc2)n1. The lowest BCUT2D eigenvalue weighted by molar-refractivity contribution is 0.102. The molecule has 0 atom stereocenters. The highest BCUT2D eigenvalue weighted by atomic mass is 32.1. The number of hydrogen-bond acceptors (Lipinski definition) is 7. The average molecular weight is 378 g/mol. The Morgan fingerprint density at radius 3 is 2.74 bits per heavy atom. The van der Waals surface area contributed by atoms with Crippen LogP contribution in [0.1, 0.15) is 16.1 Å². The molecule has 0 aliphatic carbocycles. The molecule has 27 heavy (non-hydrogen) atoms. The van der Waals surface area contributed by atoms with Crippen LogP contribution in [0.3, 0.4) is 0 Å². The van der Waals surface area contributed by atoms with Gasteiger partial charge in [0.05, 0.1) is 5.56 Å². The number of nitrogens with one attached hydrogen (secondary N) is 2. The molecule has 0 radical (unpaired) electrons. The van der Waals surface area contributed by atoms with Crippen molar-refractivity contribution in [3.05, 3.63) is 71.2 Å². The predicted molar refractivity (Wildman–Crippen MR) is 100 cm³/mol. The summed E-state index contributed by atoms with van der Waals surface area (Å²) in [6, 6.07) is 17.5. The van der Waals surface area contributed by atoms with Crippen molar-refractivity contribution in [2.24, 2.45) is 0 Å². The Bertz CT molecular complexity index is 1030. The lowest BCUT2D eigenvalue weighted by Gasteiger charge is -2.10. The number of thiazole rings is 1. The molecule has 2 aromatic carbocycles. The van der Waals surface area contributed by atoms with Crippen molar-refractivity contribution in [1.29, 1.82) is 0 Å². The van der Waals surface area contributed by atoms with Crippen molar-refractivity contribution in [2.45, 2.75) is 6.61 Å². The van der Waals surface area contributed by atoms with Crippen LogP contribution in [0, 0.1) is 0 Å². The third-order valence-corrected chi connectivity index (χ3v) is 4.54. The van der Waals surface area contributed by atoms with Crippen LogP contribution in [0.25, 0.3) is 10.6 Å². The normalized spacial score (nSPS) is 10.5. The van der Waals surface area contributed by atoms with Gasteiger partial charge in [0.2, 0.25) is 5.95 Å². The number of H-pyrrole nitrogens is 1. The molecule has 4 aromatic rings. The number of para-hydroxylation sites is 1. The van der Waals surface area contributed by atoms with E-state index in [4.69, 9.17) is 4.74 Å². The van der Waals surface area contributed by atoms with Crippen LogP contribution in [0.15, 0.2) is 60.0 Å². The highest BCUT2D eigenvalue weighted by molar-refractivity contribution is 7.13. The first-order valence-corrected chi connectivity index (χ1v) is 8.94. The first-order chi connectivity index (χ1) is 13.3. The Morgan fingerprint density at radius 2 is 1.93 bits per heavy atom. The summed E-state index contributed by atoms with van der Waals surface area (Å²) in [4.78, 5) is 16.7. The molecule has 0 aliphatic heterocycles. The van der Waals surface area contributed by atoms with Crippen LogP contribution in [0.2, 0.25) is 0 Å². The Balaban J connectivity index is 1.52. The van der Waals surface area contributed by atoms with E-state index in [-0.39, 0.29) is 11.6 Å². The summed E-state index contributed by atoms with van der Waals surface area (Å²) in [5.41, 5.74) is 2.19. The van der Waals surface area contributed by atoms with Crippen LogP contribution in [0.5, 0.6) is 5.75 Å². The number of carbonyl (C=O) groups is 1. The zero-order valence-electron chi connectivity index (χ0n) is 14.0. The highest BCUT2D eigenvalue weighted by Crippen LogP contribution is 2.32. The van der Waals surface area contributed by atoms with Crippen LogP contribution in [0.4, 0.5) is 5.95 Å². The molecule has 8 nitrogen and oxygen atoms in total. The highest BCUT2D eigenvalue weighted by Gasteiger charge is 2.15. The minimum atomic E-state index is -0.390. The van der Waals surface area contributed by atoms with E-state index in [0.29, 0.717) is 17.4 Å². The summed E-state index contributed by atoms with van der Waals surface area (Å²) in [6.45, 7) is 0.453. The minimum absolute atomic E-state index is 0.168. The Labute approximate surface area is 158 Å². The third kappa shape index (κ3) is 3.98. The molecule has 4 rings (SSSR count). The lowest BCUT2D eigenvalue weighted by Crippen LogP contribution is -2.13. The third-order valence-electron chi connectivity index (χ3n) is 3.67. The van der Waals surface area contributed by atoms with Gasteiger partial charge in [-0.1, -0.05) is 47.6 Å². The van der Waals surface area contributed by atoms with Crippen molar-refractivity contribution in [3.63, 3.8) is 0 Å². The number of benzene rings is 2. The topological polar surface area (TPSA) is 106 Å². The number of carbonyl (C=O) groups excluding carboxylic acids is 1. The largest absolute Gasteiger partial charge is 0.488 e. The smallest absolute Gasteiger partial charge is 0.277 e. The summed E-state index contributed by atoms with van der Waals surface area (Å²) in [6.07, 6.45) is 0. The number of aromatic amines is 1. The molecular formula is C18H14N6O2S. The number of tetrazole rings is 1. The van der Waals surface area contributed by atoms with Crippen molar-refractivity contribution < 1.29 is 9.53 Å². The van der Waals surface area contributed by atoms with Gasteiger partial charge < -0.3 is 4.74 Å². The van der Waals surface area contributed by atoms with E-state index in [9.17, 15) is 4.79 Å². The first-order valence-electron chi connectivity index (χ1n) is 8.06. The quantitative estimate of drug-likeness (QED) is 0.534. The van der Waals surface area contributed by atoms with Gasteiger partial charge in [0, 0.05) is 5.38 Å². The Kier molecular flexibility index (Phi) is 4.84. The number of rotatable bonds is 6. The van der Waals surface area contributed by atoms with E-state index in [1.54, 1.807) is 5.38 Å². The molecule has 2 N–H and O–H groups in total. The molecule has 0 bridgehead atoms. The monoisotopic (exact) mass is 378 g/mol. The maximum absolute atomic E-state index is 12.2. The molecular weight excluding hydrogens is 364 g/mol. The molecule has 1 amide bonds. The van der Waals surface area contributed by atoms with Crippen molar-refractivity contribution in [1.82, 2.24) is 25.6 Å².